The molecule has 116 valence electrons. The molecular weight excluding hydrogens is 308 g/mol. The zero-order valence-corrected chi connectivity index (χ0v) is 14.0. The molecule has 0 saturated carbocycles. The average molecular weight is 328 g/mol. The van der Waals surface area contributed by atoms with E-state index in [2.05, 4.69) is 4.98 Å². The number of hydrogen-bond acceptors (Lipinski definition) is 5. The van der Waals surface area contributed by atoms with E-state index in [4.69, 9.17) is 5.73 Å². The molecule has 0 bridgehead atoms. The van der Waals surface area contributed by atoms with Crippen LogP contribution in [0, 0.1) is 0 Å². The van der Waals surface area contributed by atoms with Crippen LogP contribution in [-0.2, 0) is 10.0 Å². The SMILES string of the molecule is CCC(CSC)N(C)S(=O)(=O)c1c(N)nc2ccccn12. The first-order valence-electron chi connectivity index (χ1n) is 6.63. The normalized spacial score (nSPS) is 13.9. The number of aromatic nitrogens is 2. The fraction of sp³-hybridized carbons (Fsp3) is 0.462. The zero-order chi connectivity index (χ0) is 15.6. The highest BCUT2D eigenvalue weighted by Gasteiger charge is 2.32. The summed E-state index contributed by atoms with van der Waals surface area (Å²) in [6.45, 7) is 1.98. The summed E-state index contributed by atoms with van der Waals surface area (Å²) >= 11 is 1.62. The molecule has 0 fully saturated rings. The van der Waals surface area contributed by atoms with E-state index in [1.807, 2.05) is 13.2 Å². The maximum Gasteiger partial charge on any atom is 0.262 e. The van der Waals surface area contributed by atoms with Gasteiger partial charge in [-0.1, -0.05) is 13.0 Å². The molecule has 1 atom stereocenters. The molecule has 1 unspecified atom stereocenters. The highest BCUT2D eigenvalue weighted by Crippen LogP contribution is 2.25. The molecule has 0 aromatic carbocycles. The van der Waals surface area contributed by atoms with E-state index < -0.39 is 10.0 Å². The van der Waals surface area contributed by atoms with Crippen molar-refractivity contribution in [1.82, 2.24) is 13.7 Å². The molecule has 0 aliphatic heterocycles. The van der Waals surface area contributed by atoms with Crippen LogP contribution in [0.25, 0.3) is 5.65 Å². The van der Waals surface area contributed by atoms with Gasteiger partial charge in [0.15, 0.2) is 10.8 Å². The predicted octanol–water partition coefficient (Wildman–Crippen LogP) is 1.68. The Labute approximate surface area is 129 Å². The van der Waals surface area contributed by atoms with Crippen molar-refractivity contribution in [1.29, 1.82) is 0 Å². The first-order valence-corrected chi connectivity index (χ1v) is 9.46. The van der Waals surface area contributed by atoms with Crippen molar-refractivity contribution in [3.63, 3.8) is 0 Å². The quantitative estimate of drug-likeness (QED) is 0.872. The summed E-state index contributed by atoms with van der Waals surface area (Å²) in [6, 6.07) is 5.21. The third-order valence-corrected chi connectivity index (χ3v) is 6.15. The van der Waals surface area contributed by atoms with Crippen molar-refractivity contribution in [2.45, 2.75) is 24.4 Å². The van der Waals surface area contributed by atoms with Crippen LogP contribution in [-0.4, -0.2) is 47.2 Å². The van der Waals surface area contributed by atoms with E-state index >= 15 is 0 Å². The molecule has 2 rings (SSSR count). The Morgan fingerprint density at radius 3 is 2.81 bits per heavy atom. The third-order valence-electron chi connectivity index (χ3n) is 3.48. The number of nitrogen functional groups attached to an aromatic ring is 1. The van der Waals surface area contributed by atoms with Gasteiger partial charge in [0.2, 0.25) is 0 Å². The smallest absolute Gasteiger partial charge is 0.262 e. The first kappa shape index (κ1) is 16.1. The van der Waals surface area contributed by atoms with E-state index in [9.17, 15) is 8.42 Å². The van der Waals surface area contributed by atoms with Crippen LogP contribution in [0.2, 0.25) is 0 Å². The highest BCUT2D eigenvalue weighted by molar-refractivity contribution is 7.98. The van der Waals surface area contributed by atoms with Crippen LogP contribution in [0.3, 0.4) is 0 Å². The van der Waals surface area contributed by atoms with Crippen LogP contribution in [0.1, 0.15) is 13.3 Å². The fourth-order valence-electron chi connectivity index (χ4n) is 2.25. The number of pyridine rings is 1. The summed E-state index contributed by atoms with van der Waals surface area (Å²) in [5.41, 5.74) is 6.38. The summed E-state index contributed by atoms with van der Waals surface area (Å²) in [4.78, 5) is 4.12. The minimum absolute atomic E-state index is 0.0343. The number of nitrogens with two attached hydrogens (primary N) is 1. The van der Waals surface area contributed by atoms with Crippen molar-refractivity contribution in [3.8, 4) is 0 Å². The number of fused-ring (bicyclic) bond motifs is 1. The van der Waals surface area contributed by atoms with Crippen LogP contribution < -0.4 is 5.73 Å². The fourth-order valence-corrected chi connectivity index (χ4v) is 4.79. The van der Waals surface area contributed by atoms with Crippen molar-refractivity contribution in [2.24, 2.45) is 0 Å². The van der Waals surface area contributed by atoms with Crippen LogP contribution >= 0.6 is 11.8 Å². The standard InChI is InChI=1S/C13H20N4O2S2/c1-4-10(9-20-3)16(2)21(18,19)13-12(14)15-11-7-5-6-8-17(11)13/h5-8,10H,4,9,14H2,1-3H3. The van der Waals surface area contributed by atoms with Crippen molar-refractivity contribution < 1.29 is 8.42 Å². The number of rotatable bonds is 6. The lowest BCUT2D eigenvalue weighted by molar-refractivity contribution is 0.384. The van der Waals surface area contributed by atoms with Gasteiger partial charge in [0, 0.05) is 25.0 Å². The monoisotopic (exact) mass is 328 g/mol. The molecule has 2 aromatic rings. The second-order valence-corrected chi connectivity index (χ2v) is 7.59. The van der Waals surface area contributed by atoms with Gasteiger partial charge < -0.3 is 5.73 Å². The summed E-state index contributed by atoms with van der Waals surface area (Å²) in [5.74, 6) is 0.773. The van der Waals surface area contributed by atoms with E-state index in [1.54, 1.807) is 43.2 Å². The summed E-state index contributed by atoms with van der Waals surface area (Å²) in [6.07, 6.45) is 4.37. The molecule has 2 aromatic heterocycles. The largest absolute Gasteiger partial charge is 0.381 e. The van der Waals surface area contributed by atoms with Gasteiger partial charge in [0.1, 0.15) is 5.65 Å². The molecule has 0 radical (unpaired) electrons. The molecule has 2 N–H and O–H groups in total. The summed E-state index contributed by atoms with van der Waals surface area (Å²) in [7, 11) is -2.09. The molecule has 0 aliphatic rings. The molecule has 8 heteroatoms. The lowest BCUT2D eigenvalue weighted by Gasteiger charge is -2.25. The molecule has 0 saturated heterocycles. The van der Waals surface area contributed by atoms with Crippen molar-refractivity contribution in [3.05, 3.63) is 24.4 Å². The zero-order valence-electron chi connectivity index (χ0n) is 12.4. The Hall–Kier alpha value is -1.25. The van der Waals surface area contributed by atoms with E-state index in [-0.39, 0.29) is 16.9 Å². The van der Waals surface area contributed by atoms with Gasteiger partial charge in [-0.15, -0.1) is 0 Å². The van der Waals surface area contributed by atoms with E-state index in [0.29, 0.717) is 5.65 Å². The number of nitrogens with zero attached hydrogens (tertiary/aromatic N) is 3. The number of anilines is 1. The molecule has 6 nitrogen and oxygen atoms in total. The summed E-state index contributed by atoms with van der Waals surface area (Å²) < 4.78 is 28.7. The average Bonchev–Trinajstić information content (AvgIpc) is 2.80. The van der Waals surface area contributed by atoms with Gasteiger partial charge in [-0.25, -0.2) is 13.4 Å². The minimum Gasteiger partial charge on any atom is -0.381 e. The minimum atomic E-state index is -3.69. The first-order chi connectivity index (χ1) is 9.93. The number of hydrogen-bond donors (Lipinski definition) is 1. The maximum atomic E-state index is 12.9. The Balaban J connectivity index is 2.53. The van der Waals surface area contributed by atoms with Gasteiger partial charge >= 0.3 is 0 Å². The van der Waals surface area contributed by atoms with Gasteiger partial charge in [0.25, 0.3) is 10.0 Å². The topological polar surface area (TPSA) is 80.7 Å². The molecule has 0 aliphatic carbocycles. The van der Waals surface area contributed by atoms with Gasteiger partial charge in [-0.3, -0.25) is 4.40 Å². The van der Waals surface area contributed by atoms with Gasteiger partial charge in [-0.05, 0) is 24.8 Å². The second kappa shape index (κ2) is 6.25. The Bertz CT molecular complexity index is 727. The Kier molecular flexibility index (Phi) is 4.80. The Morgan fingerprint density at radius 1 is 1.48 bits per heavy atom. The van der Waals surface area contributed by atoms with E-state index in [1.165, 1.54) is 8.71 Å². The second-order valence-electron chi connectivity index (χ2n) is 4.77. The predicted molar refractivity (Wildman–Crippen MR) is 87.0 cm³/mol. The molecule has 2 heterocycles. The third kappa shape index (κ3) is 2.88. The van der Waals surface area contributed by atoms with Gasteiger partial charge in [-0.2, -0.15) is 16.1 Å². The van der Waals surface area contributed by atoms with Crippen molar-refractivity contribution >= 4 is 33.3 Å². The molecule has 0 spiro atoms. The molecule has 21 heavy (non-hydrogen) atoms. The maximum absolute atomic E-state index is 12.9. The van der Waals surface area contributed by atoms with Crippen molar-refractivity contribution in [2.75, 3.05) is 24.8 Å². The Morgan fingerprint density at radius 2 is 2.19 bits per heavy atom. The van der Waals surface area contributed by atoms with Gasteiger partial charge in [0.05, 0.1) is 0 Å². The van der Waals surface area contributed by atoms with E-state index in [0.717, 1.165) is 12.2 Å². The number of sulfonamides is 1. The number of thioether (sulfide) groups is 1. The molecular formula is C13H20N4O2S2. The molecule has 0 amide bonds. The van der Waals surface area contributed by atoms with Crippen LogP contribution in [0.15, 0.2) is 29.4 Å². The van der Waals surface area contributed by atoms with Crippen LogP contribution in [0.5, 0.6) is 0 Å². The number of imidazole rings is 1. The summed E-state index contributed by atoms with van der Waals surface area (Å²) in [5, 5.41) is 0.0418. The highest BCUT2D eigenvalue weighted by atomic mass is 32.2. The lowest BCUT2D eigenvalue weighted by atomic mass is 10.3. The lowest BCUT2D eigenvalue weighted by Crippen LogP contribution is -2.39. The van der Waals surface area contributed by atoms with Crippen LogP contribution in [0.4, 0.5) is 5.82 Å².